The van der Waals surface area contributed by atoms with Crippen molar-refractivity contribution in [3.05, 3.63) is 35.9 Å². The molecule has 1 heterocycles. The van der Waals surface area contributed by atoms with E-state index in [2.05, 4.69) is 18.7 Å². The number of carbonyl (C=O) groups is 1. The molecule has 0 aliphatic carbocycles. The number of hydrogen-bond acceptors (Lipinski definition) is 3. The second-order valence-corrected chi connectivity index (χ2v) is 5.48. The van der Waals surface area contributed by atoms with Crippen molar-refractivity contribution in [1.29, 1.82) is 0 Å². The van der Waals surface area contributed by atoms with Crippen LogP contribution in [0.1, 0.15) is 19.4 Å². The van der Waals surface area contributed by atoms with Crippen molar-refractivity contribution in [3.63, 3.8) is 0 Å². The molecule has 1 aliphatic rings. The molecule has 1 aromatic rings. The molecule has 0 N–H and O–H groups in total. The number of nitrogens with zero attached hydrogens (tertiary/aromatic N) is 2. The lowest BCUT2D eigenvalue weighted by molar-refractivity contribution is -0.138. The molecule has 1 aliphatic heterocycles. The fraction of sp³-hybridized carbons (Fsp3) is 0.588. The quantitative estimate of drug-likeness (QED) is 0.801. The highest BCUT2D eigenvalue weighted by Crippen LogP contribution is 2.10. The van der Waals surface area contributed by atoms with Gasteiger partial charge in [0.05, 0.1) is 19.1 Å². The molecule has 2 rings (SSSR count). The van der Waals surface area contributed by atoms with Crippen molar-refractivity contribution >= 4 is 5.91 Å². The van der Waals surface area contributed by atoms with Crippen LogP contribution >= 0.6 is 0 Å². The van der Waals surface area contributed by atoms with Crippen LogP contribution in [-0.2, 0) is 16.0 Å². The zero-order valence-corrected chi connectivity index (χ0v) is 13.1. The molecule has 0 saturated carbocycles. The van der Waals surface area contributed by atoms with Crippen LogP contribution in [0.25, 0.3) is 0 Å². The van der Waals surface area contributed by atoms with Gasteiger partial charge in [0.1, 0.15) is 0 Å². The lowest BCUT2D eigenvalue weighted by Gasteiger charge is -2.35. The van der Waals surface area contributed by atoms with E-state index in [1.165, 1.54) is 0 Å². The number of benzene rings is 1. The van der Waals surface area contributed by atoms with Gasteiger partial charge in [0.15, 0.2) is 0 Å². The maximum absolute atomic E-state index is 12.4. The van der Waals surface area contributed by atoms with Crippen molar-refractivity contribution in [2.75, 3.05) is 39.3 Å². The summed E-state index contributed by atoms with van der Waals surface area (Å²) < 4.78 is 5.81. The van der Waals surface area contributed by atoms with Crippen LogP contribution in [0.2, 0.25) is 0 Å². The van der Waals surface area contributed by atoms with E-state index < -0.39 is 0 Å². The highest BCUT2D eigenvalue weighted by atomic mass is 16.5. The van der Waals surface area contributed by atoms with E-state index in [0.29, 0.717) is 26.1 Å². The Morgan fingerprint density at radius 1 is 1.29 bits per heavy atom. The fourth-order valence-electron chi connectivity index (χ4n) is 2.71. The van der Waals surface area contributed by atoms with Crippen molar-refractivity contribution in [2.24, 2.45) is 0 Å². The van der Waals surface area contributed by atoms with E-state index in [4.69, 9.17) is 4.74 Å². The molecule has 0 radical (unpaired) electrons. The lowest BCUT2D eigenvalue weighted by atomic mass is 10.1. The summed E-state index contributed by atoms with van der Waals surface area (Å²) in [5.41, 5.74) is 1.08. The zero-order valence-electron chi connectivity index (χ0n) is 13.1. The standard InChI is InChI=1S/C17H26N2O2/c1-3-18(4-2)13-16-14-19(10-11-21-16)17(20)12-15-8-6-5-7-9-15/h5-9,16H,3-4,10-14H2,1-2H3. The molecule has 0 spiro atoms. The molecule has 4 heteroatoms. The van der Waals surface area contributed by atoms with E-state index in [1.54, 1.807) is 0 Å². The summed E-state index contributed by atoms with van der Waals surface area (Å²) >= 11 is 0. The zero-order chi connectivity index (χ0) is 15.1. The molecule has 1 fully saturated rings. The van der Waals surface area contributed by atoms with E-state index in [9.17, 15) is 4.79 Å². The molecule has 21 heavy (non-hydrogen) atoms. The van der Waals surface area contributed by atoms with E-state index in [-0.39, 0.29) is 12.0 Å². The van der Waals surface area contributed by atoms with Crippen molar-refractivity contribution in [3.8, 4) is 0 Å². The van der Waals surface area contributed by atoms with Gasteiger partial charge in [-0.15, -0.1) is 0 Å². The summed E-state index contributed by atoms with van der Waals surface area (Å²) in [4.78, 5) is 16.7. The van der Waals surface area contributed by atoms with Gasteiger partial charge in [-0.2, -0.15) is 0 Å². The first-order valence-electron chi connectivity index (χ1n) is 7.88. The Morgan fingerprint density at radius 3 is 2.67 bits per heavy atom. The van der Waals surface area contributed by atoms with Gasteiger partial charge in [-0.05, 0) is 18.7 Å². The number of likely N-dealkylation sites (N-methyl/N-ethyl adjacent to an activating group) is 1. The van der Waals surface area contributed by atoms with Gasteiger partial charge in [-0.25, -0.2) is 0 Å². The summed E-state index contributed by atoms with van der Waals surface area (Å²) in [5.74, 6) is 0.203. The molecule has 1 amide bonds. The van der Waals surface area contributed by atoms with Crippen molar-refractivity contribution in [1.82, 2.24) is 9.80 Å². The molecule has 1 saturated heterocycles. The van der Waals surface area contributed by atoms with Crippen LogP contribution in [0.15, 0.2) is 30.3 Å². The Kier molecular flexibility index (Phi) is 6.21. The smallest absolute Gasteiger partial charge is 0.227 e. The normalized spacial score (nSPS) is 19.0. The van der Waals surface area contributed by atoms with Crippen LogP contribution in [0.3, 0.4) is 0 Å². The Morgan fingerprint density at radius 2 is 2.00 bits per heavy atom. The second-order valence-electron chi connectivity index (χ2n) is 5.48. The summed E-state index contributed by atoms with van der Waals surface area (Å²) in [6.45, 7) is 9.33. The van der Waals surface area contributed by atoms with Crippen LogP contribution < -0.4 is 0 Å². The third-order valence-corrected chi connectivity index (χ3v) is 4.05. The maximum Gasteiger partial charge on any atom is 0.227 e. The number of hydrogen-bond donors (Lipinski definition) is 0. The van der Waals surface area contributed by atoms with E-state index >= 15 is 0 Å². The minimum absolute atomic E-state index is 0.137. The Balaban J connectivity index is 1.87. The highest BCUT2D eigenvalue weighted by Gasteiger charge is 2.25. The molecular formula is C17H26N2O2. The summed E-state index contributed by atoms with van der Waals surface area (Å²) in [6, 6.07) is 9.94. The van der Waals surface area contributed by atoms with Crippen LogP contribution in [0.4, 0.5) is 0 Å². The molecule has 116 valence electrons. The van der Waals surface area contributed by atoms with Gasteiger partial charge in [0.25, 0.3) is 0 Å². The average Bonchev–Trinajstić information content (AvgIpc) is 2.54. The third kappa shape index (κ3) is 4.83. The van der Waals surface area contributed by atoms with Crippen molar-refractivity contribution in [2.45, 2.75) is 26.4 Å². The third-order valence-electron chi connectivity index (χ3n) is 4.05. The topological polar surface area (TPSA) is 32.8 Å². The van der Waals surface area contributed by atoms with Crippen LogP contribution in [0, 0.1) is 0 Å². The number of amides is 1. The number of carbonyl (C=O) groups excluding carboxylic acids is 1. The predicted molar refractivity (Wildman–Crippen MR) is 84.3 cm³/mol. The Labute approximate surface area is 127 Å². The lowest BCUT2D eigenvalue weighted by Crippen LogP contribution is -2.50. The number of morpholine rings is 1. The van der Waals surface area contributed by atoms with Crippen LogP contribution in [-0.4, -0.2) is 61.1 Å². The van der Waals surface area contributed by atoms with E-state index in [1.807, 2.05) is 35.2 Å². The first-order chi connectivity index (χ1) is 10.2. The van der Waals surface area contributed by atoms with Crippen molar-refractivity contribution < 1.29 is 9.53 Å². The molecular weight excluding hydrogens is 264 g/mol. The van der Waals surface area contributed by atoms with Gasteiger partial charge < -0.3 is 14.5 Å². The Bertz CT molecular complexity index is 432. The first kappa shape index (κ1) is 16.0. The van der Waals surface area contributed by atoms with Gasteiger partial charge in [0.2, 0.25) is 5.91 Å². The molecule has 1 unspecified atom stereocenters. The molecule has 0 bridgehead atoms. The second kappa shape index (κ2) is 8.15. The fourth-order valence-corrected chi connectivity index (χ4v) is 2.71. The summed E-state index contributed by atoms with van der Waals surface area (Å²) in [7, 11) is 0. The first-order valence-corrected chi connectivity index (χ1v) is 7.88. The number of ether oxygens (including phenoxy) is 1. The highest BCUT2D eigenvalue weighted by molar-refractivity contribution is 5.78. The summed E-state index contributed by atoms with van der Waals surface area (Å²) in [6.07, 6.45) is 0.622. The SMILES string of the molecule is CCN(CC)CC1CN(C(=O)Cc2ccccc2)CCO1. The molecule has 1 atom stereocenters. The van der Waals surface area contributed by atoms with E-state index in [0.717, 1.165) is 25.2 Å². The molecule has 1 aromatic carbocycles. The van der Waals surface area contributed by atoms with Gasteiger partial charge in [-0.1, -0.05) is 44.2 Å². The van der Waals surface area contributed by atoms with Gasteiger partial charge >= 0.3 is 0 Å². The van der Waals surface area contributed by atoms with Gasteiger partial charge in [0, 0.05) is 19.6 Å². The minimum atomic E-state index is 0.137. The minimum Gasteiger partial charge on any atom is -0.373 e. The van der Waals surface area contributed by atoms with Gasteiger partial charge in [-0.3, -0.25) is 4.79 Å². The van der Waals surface area contributed by atoms with Crippen LogP contribution in [0.5, 0.6) is 0 Å². The average molecular weight is 290 g/mol. The summed E-state index contributed by atoms with van der Waals surface area (Å²) in [5, 5.41) is 0. The largest absolute Gasteiger partial charge is 0.373 e. The predicted octanol–water partition coefficient (Wildman–Crippen LogP) is 1.80. The number of rotatable bonds is 6. The monoisotopic (exact) mass is 290 g/mol. The Hall–Kier alpha value is -1.39. The maximum atomic E-state index is 12.4. The molecule has 4 nitrogen and oxygen atoms in total. The molecule has 0 aromatic heterocycles.